The molecule has 3 rings (SSSR count). The number of ether oxygens (including phenoxy) is 1. The molecule has 1 aliphatic carbocycles. The molecule has 1 N–H and O–H groups in total. The topological polar surface area (TPSA) is 21.3 Å². The van der Waals surface area contributed by atoms with Crippen LogP contribution in [0.5, 0.6) is 5.75 Å². The molecule has 0 spiro atoms. The predicted molar refractivity (Wildman–Crippen MR) is 83.2 cm³/mol. The summed E-state index contributed by atoms with van der Waals surface area (Å²) in [6.45, 7) is 9.48. The molecule has 2 nitrogen and oxygen atoms in total. The molecule has 2 unspecified atom stereocenters. The largest absolute Gasteiger partial charge is 0.490 e. The molecule has 1 fully saturated rings. The molecule has 2 aliphatic rings. The molecular formula is C18H25NO. The van der Waals surface area contributed by atoms with Crippen molar-refractivity contribution in [1.82, 2.24) is 5.32 Å². The molecule has 0 amide bonds. The van der Waals surface area contributed by atoms with Gasteiger partial charge in [-0.05, 0) is 37.8 Å². The molecule has 2 heteroatoms. The quantitative estimate of drug-likeness (QED) is 0.798. The molecule has 20 heavy (non-hydrogen) atoms. The monoisotopic (exact) mass is 271 g/mol. The van der Waals surface area contributed by atoms with Gasteiger partial charge in [-0.3, -0.25) is 0 Å². The van der Waals surface area contributed by atoms with Crippen molar-refractivity contribution in [3.8, 4) is 5.75 Å². The van der Waals surface area contributed by atoms with Gasteiger partial charge in [-0.1, -0.05) is 30.7 Å². The summed E-state index contributed by atoms with van der Waals surface area (Å²) in [5, 5.41) is 3.63. The van der Waals surface area contributed by atoms with Crippen LogP contribution in [0.25, 0.3) is 0 Å². The fourth-order valence-corrected chi connectivity index (χ4v) is 2.98. The van der Waals surface area contributed by atoms with Crippen LogP contribution in [0, 0.1) is 12.3 Å². The van der Waals surface area contributed by atoms with Gasteiger partial charge in [0.15, 0.2) is 0 Å². The third kappa shape index (κ3) is 3.06. The number of benzene rings is 1. The second-order valence-corrected chi connectivity index (χ2v) is 6.77. The summed E-state index contributed by atoms with van der Waals surface area (Å²) in [7, 11) is 0. The lowest BCUT2D eigenvalue weighted by atomic mass is 9.83. The minimum absolute atomic E-state index is 0.115. The van der Waals surface area contributed by atoms with Gasteiger partial charge in [0.05, 0.1) is 0 Å². The van der Waals surface area contributed by atoms with Crippen molar-refractivity contribution in [2.75, 3.05) is 6.54 Å². The van der Waals surface area contributed by atoms with Gasteiger partial charge in [-0.25, -0.2) is 0 Å². The Hall–Kier alpha value is -1.28. The highest BCUT2D eigenvalue weighted by Gasteiger charge is 2.32. The number of hydrogen-bond donors (Lipinski definition) is 1. The highest BCUT2D eigenvalue weighted by molar-refractivity contribution is 5.40. The number of fused-ring (bicyclic) bond motifs is 1. The molecule has 0 saturated heterocycles. The Balaban J connectivity index is 1.61. The fourth-order valence-electron chi connectivity index (χ4n) is 2.98. The third-order valence-corrected chi connectivity index (χ3v) is 4.52. The van der Waals surface area contributed by atoms with Crippen molar-refractivity contribution in [2.45, 2.75) is 51.7 Å². The van der Waals surface area contributed by atoms with E-state index in [0.717, 1.165) is 31.2 Å². The van der Waals surface area contributed by atoms with Crippen LogP contribution in [-0.4, -0.2) is 18.7 Å². The molecule has 0 radical (unpaired) electrons. The summed E-state index contributed by atoms with van der Waals surface area (Å²) in [6.07, 6.45) is 7.11. The number of rotatable bonds is 6. The van der Waals surface area contributed by atoms with Crippen LogP contribution in [-0.2, 0) is 6.42 Å². The Kier molecular flexibility index (Phi) is 3.59. The van der Waals surface area contributed by atoms with Crippen LogP contribution < -0.4 is 10.1 Å². The lowest BCUT2D eigenvalue weighted by molar-refractivity contribution is 0.169. The summed E-state index contributed by atoms with van der Waals surface area (Å²) in [5.41, 5.74) is 2.79. The SMILES string of the molecule is C=CC(C)(CNC1CC1)CC1Cc2cc(C)ccc2O1. The van der Waals surface area contributed by atoms with E-state index in [1.165, 1.54) is 24.0 Å². The van der Waals surface area contributed by atoms with E-state index in [1.54, 1.807) is 0 Å². The second-order valence-electron chi connectivity index (χ2n) is 6.77. The van der Waals surface area contributed by atoms with Gasteiger partial charge in [0.2, 0.25) is 0 Å². The smallest absolute Gasteiger partial charge is 0.123 e. The van der Waals surface area contributed by atoms with Crippen molar-refractivity contribution in [1.29, 1.82) is 0 Å². The average molecular weight is 271 g/mol. The van der Waals surface area contributed by atoms with Gasteiger partial charge in [0.25, 0.3) is 0 Å². The van der Waals surface area contributed by atoms with Crippen molar-refractivity contribution in [3.05, 3.63) is 42.0 Å². The molecule has 0 bridgehead atoms. The Labute approximate surface area is 122 Å². The number of hydrogen-bond acceptors (Lipinski definition) is 2. The van der Waals surface area contributed by atoms with Crippen molar-refractivity contribution >= 4 is 0 Å². The molecule has 2 atom stereocenters. The molecule has 108 valence electrons. The molecule has 1 saturated carbocycles. The highest BCUT2D eigenvalue weighted by atomic mass is 16.5. The predicted octanol–water partition coefficient (Wildman–Crippen LogP) is 3.63. The van der Waals surface area contributed by atoms with Gasteiger partial charge >= 0.3 is 0 Å². The minimum atomic E-state index is 0.115. The van der Waals surface area contributed by atoms with E-state index in [-0.39, 0.29) is 11.5 Å². The molecule has 0 aromatic heterocycles. The standard InChI is InChI=1S/C18H25NO/c1-4-18(3,12-19-15-6-7-15)11-16-10-14-9-13(2)5-8-17(14)20-16/h4-5,8-9,15-16,19H,1,6-7,10-12H2,2-3H3. The first kappa shape index (κ1) is 13.7. The molecule has 1 aromatic rings. The third-order valence-electron chi connectivity index (χ3n) is 4.52. The summed E-state index contributed by atoms with van der Waals surface area (Å²) < 4.78 is 6.11. The van der Waals surface area contributed by atoms with Crippen molar-refractivity contribution in [3.63, 3.8) is 0 Å². The number of aryl methyl sites for hydroxylation is 1. The first-order chi connectivity index (χ1) is 9.58. The number of nitrogens with one attached hydrogen (secondary N) is 1. The van der Waals surface area contributed by atoms with Crippen LogP contribution >= 0.6 is 0 Å². The van der Waals surface area contributed by atoms with Gasteiger partial charge < -0.3 is 10.1 Å². The summed E-state index contributed by atoms with van der Waals surface area (Å²) in [4.78, 5) is 0. The highest BCUT2D eigenvalue weighted by Crippen LogP contribution is 2.35. The van der Waals surface area contributed by atoms with E-state index in [2.05, 4.69) is 50.0 Å². The molecule has 1 aliphatic heterocycles. The second kappa shape index (κ2) is 5.25. The Morgan fingerprint density at radius 2 is 2.25 bits per heavy atom. The van der Waals surface area contributed by atoms with E-state index in [0.29, 0.717) is 0 Å². The zero-order valence-electron chi connectivity index (χ0n) is 12.6. The van der Waals surface area contributed by atoms with E-state index in [4.69, 9.17) is 4.74 Å². The van der Waals surface area contributed by atoms with Crippen LogP contribution in [0.2, 0.25) is 0 Å². The lowest BCUT2D eigenvalue weighted by Crippen LogP contribution is -2.35. The maximum absolute atomic E-state index is 6.11. The van der Waals surface area contributed by atoms with Gasteiger partial charge in [0, 0.05) is 24.4 Å². The first-order valence-corrected chi connectivity index (χ1v) is 7.71. The van der Waals surface area contributed by atoms with E-state index in [1.807, 2.05) is 0 Å². The normalized spacial score (nSPS) is 23.8. The lowest BCUT2D eigenvalue weighted by Gasteiger charge is -2.29. The average Bonchev–Trinajstić information content (AvgIpc) is 3.17. The maximum Gasteiger partial charge on any atom is 0.123 e. The Morgan fingerprint density at radius 1 is 1.45 bits per heavy atom. The maximum atomic E-state index is 6.11. The van der Waals surface area contributed by atoms with Gasteiger partial charge in [-0.2, -0.15) is 0 Å². The van der Waals surface area contributed by atoms with E-state index in [9.17, 15) is 0 Å². The molecule has 1 aromatic carbocycles. The van der Waals surface area contributed by atoms with E-state index < -0.39 is 0 Å². The van der Waals surface area contributed by atoms with Crippen molar-refractivity contribution in [2.24, 2.45) is 5.41 Å². The first-order valence-electron chi connectivity index (χ1n) is 7.71. The van der Waals surface area contributed by atoms with Crippen LogP contribution in [0.3, 0.4) is 0 Å². The minimum Gasteiger partial charge on any atom is -0.490 e. The molecule has 1 heterocycles. The Bertz CT molecular complexity index is 506. The van der Waals surface area contributed by atoms with Crippen LogP contribution in [0.15, 0.2) is 30.9 Å². The van der Waals surface area contributed by atoms with Crippen molar-refractivity contribution < 1.29 is 4.74 Å². The van der Waals surface area contributed by atoms with Gasteiger partial charge in [-0.15, -0.1) is 6.58 Å². The molecular weight excluding hydrogens is 246 g/mol. The fraction of sp³-hybridized carbons (Fsp3) is 0.556. The summed E-state index contributed by atoms with van der Waals surface area (Å²) in [5.74, 6) is 1.07. The summed E-state index contributed by atoms with van der Waals surface area (Å²) in [6, 6.07) is 7.24. The summed E-state index contributed by atoms with van der Waals surface area (Å²) >= 11 is 0. The Morgan fingerprint density at radius 3 is 2.95 bits per heavy atom. The van der Waals surface area contributed by atoms with Crippen LogP contribution in [0.1, 0.15) is 37.3 Å². The zero-order valence-corrected chi connectivity index (χ0v) is 12.6. The van der Waals surface area contributed by atoms with Crippen LogP contribution in [0.4, 0.5) is 0 Å². The van der Waals surface area contributed by atoms with E-state index >= 15 is 0 Å². The zero-order chi connectivity index (χ0) is 14.2. The van der Waals surface area contributed by atoms with Gasteiger partial charge in [0.1, 0.15) is 11.9 Å².